The normalized spacial score (nSPS) is 12.8. The summed E-state index contributed by atoms with van der Waals surface area (Å²) in [5, 5.41) is 1.23. The molecule has 0 saturated heterocycles. The Balaban J connectivity index is 2.86. The van der Waals surface area contributed by atoms with Gasteiger partial charge in [-0.15, -0.1) is 0 Å². The Kier molecular flexibility index (Phi) is 4.20. The number of aryl methyl sites for hydroxylation is 1. The largest absolute Gasteiger partial charge is 0.301 e. The zero-order chi connectivity index (χ0) is 10.6. The van der Waals surface area contributed by atoms with Crippen LogP contribution in [0, 0.1) is 0 Å². The second kappa shape index (κ2) is 5.20. The average Bonchev–Trinajstić information content (AvgIpc) is 2.16. The van der Waals surface area contributed by atoms with Crippen LogP contribution in [0.25, 0.3) is 0 Å². The minimum atomic E-state index is -0.0531. The van der Waals surface area contributed by atoms with Crippen LogP contribution in [0.1, 0.15) is 32.9 Å². The van der Waals surface area contributed by atoms with Crippen molar-refractivity contribution in [1.29, 1.82) is 0 Å². The molecule has 1 rings (SSSR count). The Labute approximate surface area is 88.3 Å². The van der Waals surface area contributed by atoms with E-state index in [0.29, 0.717) is 5.25 Å². The highest BCUT2D eigenvalue weighted by Gasteiger charge is 2.05. The lowest BCUT2D eigenvalue weighted by atomic mass is 10.3. The second-order valence-corrected chi connectivity index (χ2v) is 4.66. The zero-order valence-electron chi connectivity index (χ0n) is 8.83. The summed E-state index contributed by atoms with van der Waals surface area (Å²) in [7, 11) is 0. The topological polar surface area (TPSA) is 45.8 Å². The number of nitrogens with one attached hydrogen (secondary N) is 1. The molecule has 0 saturated carbocycles. The minimum absolute atomic E-state index is 0.0531. The van der Waals surface area contributed by atoms with Gasteiger partial charge < -0.3 is 4.98 Å². The van der Waals surface area contributed by atoms with Crippen LogP contribution < -0.4 is 5.56 Å². The first kappa shape index (κ1) is 11.3. The highest BCUT2D eigenvalue weighted by molar-refractivity contribution is 7.99. The van der Waals surface area contributed by atoms with Crippen LogP contribution in [-0.2, 0) is 6.42 Å². The first-order chi connectivity index (χ1) is 6.65. The van der Waals surface area contributed by atoms with Crippen molar-refractivity contribution in [2.24, 2.45) is 0 Å². The van der Waals surface area contributed by atoms with E-state index in [0.717, 1.165) is 23.7 Å². The Morgan fingerprint density at radius 2 is 2.29 bits per heavy atom. The molecule has 78 valence electrons. The van der Waals surface area contributed by atoms with E-state index in [9.17, 15) is 4.79 Å². The van der Waals surface area contributed by atoms with Crippen molar-refractivity contribution in [3.05, 3.63) is 22.1 Å². The lowest BCUT2D eigenvalue weighted by molar-refractivity contribution is 0.847. The van der Waals surface area contributed by atoms with Gasteiger partial charge in [0, 0.05) is 17.0 Å². The lowest BCUT2D eigenvalue weighted by Gasteiger charge is -2.07. The van der Waals surface area contributed by atoms with Crippen molar-refractivity contribution < 1.29 is 0 Å². The Morgan fingerprint density at radius 3 is 2.86 bits per heavy atom. The molecule has 1 atom stereocenters. The van der Waals surface area contributed by atoms with Crippen molar-refractivity contribution in [2.45, 2.75) is 44.0 Å². The number of aromatic nitrogens is 2. The van der Waals surface area contributed by atoms with Gasteiger partial charge in [0.25, 0.3) is 5.56 Å². The average molecular weight is 212 g/mol. The summed E-state index contributed by atoms with van der Waals surface area (Å²) in [4.78, 5) is 18.3. The molecule has 0 fully saturated rings. The molecule has 0 aromatic carbocycles. The zero-order valence-corrected chi connectivity index (χ0v) is 9.65. The minimum Gasteiger partial charge on any atom is -0.301 e. The van der Waals surface area contributed by atoms with E-state index >= 15 is 0 Å². The lowest BCUT2D eigenvalue weighted by Crippen LogP contribution is -2.10. The third-order valence-corrected chi connectivity index (χ3v) is 3.18. The molecular weight excluding hydrogens is 196 g/mol. The Morgan fingerprint density at radius 1 is 1.57 bits per heavy atom. The Hall–Kier alpha value is -0.770. The van der Waals surface area contributed by atoms with E-state index in [1.54, 1.807) is 17.8 Å². The van der Waals surface area contributed by atoms with Crippen LogP contribution in [0.4, 0.5) is 0 Å². The SMILES string of the molecule is CCc1cc(=O)[nH]c(S[C@@H](C)CC)n1. The van der Waals surface area contributed by atoms with Crippen molar-refractivity contribution in [2.75, 3.05) is 0 Å². The van der Waals surface area contributed by atoms with Crippen molar-refractivity contribution in [1.82, 2.24) is 9.97 Å². The van der Waals surface area contributed by atoms with Crippen LogP contribution in [0.3, 0.4) is 0 Å². The quantitative estimate of drug-likeness (QED) is 0.615. The van der Waals surface area contributed by atoms with Gasteiger partial charge in [0.1, 0.15) is 0 Å². The summed E-state index contributed by atoms with van der Waals surface area (Å²) >= 11 is 1.62. The van der Waals surface area contributed by atoms with Gasteiger partial charge in [0.05, 0.1) is 0 Å². The molecule has 0 amide bonds. The molecule has 1 heterocycles. The summed E-state index contributed by atoms with van der Waals surface area (Å²) in [6, 6.07) is 1.56. The van der Waals surface area contributed by atoms with Gasteiger partial charge in [0.2, 0.25) is 0 Å². The fourth-order valence-corrected chi connectivity index (χ4v) is 1.87. The van der Waals surface area contributed by atoms with Crippen LogP contribution in [0.5, 0.6) is 0 Å². The molecule has 14 heavy (non-hydrogen) atoms. The van der Waals surface area contributed by atoms with Crippen molar-refractivity contribution in [3.8, 4) is 0 Å². The number of hydrogen-bond acceptors (Lipinski definition) is 3. The van der Waals surface area contributed by atoms with E-state index in [2.05, 4.69) is 23.8 Å². The van der Waals surface area contributed by atoms with E-state index in [1.807, 2.05) is 6.92 Å². The third kappa shape index (κ3) is 3.18. The predicted molar refractivity (Wildman–Crippen MR) is 59.8 cm³/mol. The summed E-state index contributed by atoms with van der Waals surface area (Å²) in [6.45, 7) is 6.25. The third-order valence-electron chi connectivity index (χ3n) is 2.02. The van der Waals surface area contributed by atoms with Crippen LogP contribution >= 0.6 is 11.8 Å². The number of H-pyrrole nitrogens is 1. The fourth-order valence-electron chi connectivity index (χ4n) is 0.994. The van der Waals surface area contributed by atoms with Gasteiger partial charge in [-0.2, -0.15) is 0 Å². The molecule has 0 aliphatic heterocycles. The van der Waals surface area contributed by atoms with Gasteiger partial charge in [-0.05, 0) is 12.8 Å². The van der Waals surface area contributed by atoms with E-state index < -0.39 is 0 Å². The fraction of sp³-hybridized carbons (Fsp3) is 0.600. The van der Waals surface area contributed by atoms with Crippen LogP contribution in [0.2, 0.25) is 0 Å². The number of nitrogens with zero attached hydrogens (tertiary/aromatic N) is 1. The number of aromatic amines is 1. The maximum Gasteiger partial charge on any atom is 0.251 e. The van der Waals surface area contributed by atoms with E-state index in [4.69, 9.17) is 0 Å². The molecule has 3 nitrogen and oxygen atoms in total. The molecule has 4 heteroatoms. The molecule has 1 aromatic rings. The number of thioether (sulfide) groups is 1. The van der Waals surface area contributed by atoms with Gasteiger partial charge in [0.15, 0.2) is 5.16 Å². The summed E-state index contributed by atoms with van der Waals surface area (Å²) < 4.78 is 0. The summed E-state index contributed by atoms with van der Waals surface area (Å²) in [5.74, 6) is 0. The van der Waals surface area contributed by atoms with Crippen LogP contribution in [-0.4, -0.2) is 15.2 Å². The maximum absolute atomic E-state index is 11.2. The standard InChI is InChI=1S/C10H16N2OS/c1-4-7(3)14-10-11-8(5-2)6-9(13)12-10/h6-7H,4-5H2,1-3H3,(H,11,12,13)/t7-/m0/s1. The number of hydrogen-bond donors (Lipinski definition) is 1. The molecule has 0 aliphatic rings. The molecule has 0 unspecified atom stereocenters. The maximum atomic E-state index is 11.2. The van der Waals surface area contributed by atoms with E-state index in [1.165, 1.54) is 0 Å². The van der Waals surface area contributed by atoms with Gasteiger partial charge in [-0.25, -0.2) is 4.98 Å². The van der Waals surface area contributed by atoms with Gasteiger partial charge in [-0.1, -0.05) is 32.5 Å². The summed E-state index contributed by atoms with van der Waals surface area (Å²) in [5.41, 5.74) is 0.808. The highest BCUT2D eigenvalue weighted by atomic mass is 32.2. The van der Waals surface area contributed by atoms with E-state index in [-0.39, 0.29) is 5.56 Å². The first-order valence-electron chi connectivity index (χ1n) is 4.92. The van der Waals surface area contributed by atoms with Crippen molar-refractivity contribution >= 4 is 11.8 Å². The van der Waals surface area contributed by atoms with Gasteiger partial charge in [-0.3, -0.25) is 4.79 Å². The second-order valence-electron chi connectivity index (χ2n) is 3.23. The molecule has 1 aromatic heterocycles. The molecule has 0 radical (unpaired) electrons. The molecule has 0 spiro atoms. The molecule has 0 bridgehead atoms. The van der Waals surface area contributed by atoms with Crippen LogP contribution in [0.15, 0.2) is 16.0 Å². The van der Waals surface area contributed by atoms with Crippen molar-refractivity contribution in [3.63, 3.8) is 0 Å². The predicted octanol–water partition coefficient (Wildman–Crippen LogP) is 2.22. The molecular formula is C10H16N2OS. The molecule has 0 aliphatic carbocycles. The monoisotopic (exact) mass is 212 g/mol. The smallest absolute Gasteiger partial charge is 0.251 e. The Bertz CT molecular complexity index is 348. The summed E-state index contributed by atoms with van der Waals surface area (Å²) in [6.07, 6.45) is 1.88. The number of rotatable bonds is 4. The van der Waals surface area contributed by atoms with Gasteiger partial charge >= 0.3 is 0 Å². The highest BCUT2D eigenvalue weighted by Crippen LogP contribution is 2.20. The molecule has 1 N–H and O–H groups in total. The first-order valence-corrected chi connectivity index (χ1v) is 5.80.